The SMILES string of the molecule is O=C(O)CN1C(=O)C(=Cc2ccc(-c3ccc([N+](=O)[O-])cc3)o2)SC1=S. The van der Waals surface area contributed by atoms with E-state index in [0.717, 1.165) is 16.7 Å². The molecule has 1 saturated heterocycles. The van der Waals surface area contributed by atoms with Gasteiger partial charge >= 0.3 is 5.97 Å². The molecule has 132 valence electrons. The number of carbonyl (C=O) groups excluding carboxylic acids is 1. The van der Waals surface area contributed by atoms with Crippen LogP contribution in [0.3, 0.4) is 0 Å². The van der Waals surface area contributed by atoms with E-state index in [1.54, 1.807) is 24.3 Å². The molecule has 0 spiro atoms. The first-order valence-electron chi connectivity index (χ1n) is 7.17. The van der Waals surface area contributed by atoms with E-state index in [-0.39, 0.29) is 14.9 Å². The number of thiocarbonyl (C=S) groups is 1. The molecular formula is C16H10N2O6S2. The molecule has 8 nitrogen and oxygen atoms in total. The van der Waals surface area contributed by atoms with Gasteiger partial charge in [0.1, 0.15) is 22.4 Å². The standard InChI is InChI=1S/C16H10N2O6S2/c19-14(20)8-17-15(21)13(26-16(17)25)7-11-5-6-12(24-11)9-1-3-10(4-2-9)18(22)23/h1-7H,8H2,(H,19,20). The maximum absolute atomic E-state index is 12.2. The first-order chi connectivity index (χ1) is 12.3. The molecule has 1 N–H and O–H groups in total. The summed E-state index contributed by atoms with van der Waals surface area (Å²) in [5.74, 6) is -0.780. The van der Waals surface area contributed by atoms with Crippen molar-refractivity contribution >= 4 is 51.9 Å². The molecular weight excluding hydrogens is 380 g/mol. The molecule has 1 aromatic carbocycles. The lowest BCUT2D eigenvalue weighted by Gasteiger charge is -2.09. The average Bonchev–Trinajstić information content (AvgIpc) is 3.15. The number of hydrogen-bond donors (Lipinski definition) is 1. The molecule has 1 aliphatic rings. The summed E-state index contributed by atoms with van der Waals surface area (Å²) >= 11 is 6.02. The number of carboxylic acid groups (broad SMARTS) is 1. The van der Waals surface area contributed by atoms with Crippen molar-refractivity contribution < 1.29 is 24.0 Å². The number of nitrogens with zero attached hydrogens (tertiary/aromatic N) is 2. The van der Waals surface area contributed by atoms with E-state index in [1.807, 2.05) is 0 Å². The molecule has 10 heteroatoms. The molecule has 0 radical (unpaired) electrons. The third kappa shape index (κ3) is 3.65. The van der Waals surface area contributed by atoms with Gasteiger partial charge in [-0.2, -0.15) is 0 Å². The second-order valence-electron chi connectivity index (χ2n) is 5.17. The first kappa shape index (κ1) is 17.8. The summed E-state index contributed by atoms with van der Waals surface area (Å²) < 4.78 is 5.81. The molecule has 1 aromatic heterocycles. The minimum Gasteiger partial charge on any atom is -0.480 e. The summed E-state index contributed by atoms with van der Waals surface area (Å²) in [6, 6.07) is 9.18. The van der Waals surface area contributed by atoms with Crippen LogP contribution in [-0.2, 0) is 9.59 Å². The number of nitro groups is 1. The van der Waals surface area contributed by atoms with Crippen molar-refractivity contribution in [2.24, 2.45) is 0 Å². The fourth-order valence-corrected chi connectivity index (χ4v) is 3.47. The molecule has 2 aromatic rings. The van der Waals surface area contributed by atoms with Crippen molar-refractivity contribution in [3.05, 3.63) is 57.2 Å². The number of aliphatic carboxylic acids is 1. The Labute approximate surface area is 156 Å². The molecule has 2 heterocycles. The van der Waals surface area contributed by atoms with Crippen LogP contribution in [0.15, 0.2) is 45.7 Å². The van der Waals surface area contributed by atoms with Crippen molar-refractivity contribution in [3.8, 4) is 11.3 Å². The first-order valence-corrected chi connectivity index (χ1v) is 8.39. The van der Waals surface area contributed by atoms with Gasteiger partial charge in [-0.3, -0.25) is 24.6 Å². The summed E-state index contributed by atoms with van der Waals surface area (Å²) in [7, 11) is 0. The number of non-ortho nitro benzene ring substituents is 1. The highest BCUT2D eigenvalue weighted by Crippen LogP contribution is 2.33. The predicted octanol–water partition coefficient (Wildman–Crippen LogP) is 3.14. The summed E-state index contributed by atoms with van der Waals surface area (Å²) in [6.07, 6.45) is 1.48. The van der Waals surface area contributed by atoms with Gasteiger partial charge in [0.05, 0.1) is 9.83 Å². The number of rotatable bonds is 5. The Morgan fingerprint density at radius 1 is 1.31 bits per heavy atom. The summed E-state index contributed by atoms with van der Waals surface area (Å²) in [6.45, 7) is -0.492. The Hall–Kier alpha value is -2.98. The van der Waals surface area contributed by atoms with E-state index in [4.69, 9.17) is 21.7 Å². The largest absolute Gasteiger partial charge is 0.480 e. The van der Waals surface area contributed by atoms with Crippen LogP contribution >= 0.6 is 24.0 Å². The molecule has 0 unspecified atom stereocenters. The van der Waals surface area contributed by atoms with E-state index >= 15 is 0 Å². The van der Waals surface area contributed by atoms with Gasteiger partial charge in [0.2, 0.25) is 0 Å². The Balaban J connectivity index is 1.81. The van der Waals surface area contributed by atoms with E-state index in [0.29, 0.717) is 17.1 Å². The highest BCUT2D eigenvalue weighted by molar-refractivity contribution is 8.26. The molecule has 1 amide bonds. The molecule has 1 fully saturated rings. The summed E-state index contributed by atoms with van der Waals surface area (Å²) in [4.78, 5) is 34.5. The van der Waals surface area contributed by atoms with Crippen LogP contribution in [0.25, 0.3) is 17.4 Å². The monoisotopic (exact) mass is 390 g/mol. The zero-order chi connectivity index (χ0) is 18.8. The highest BCUT2D eigenvalue weighted by Gasteiger charge is 2.33. The Morgan fingerprint density at radius 2 is 2.00 bits per heavy atom. The quantitative estimate of drug-likeness (QED) is 0.358. The Kier molecular flexibility index (Phi) is 4.87. The van der Waals surface area contributed by atoms with Gasteiger partial charge in [-0.1, -0.05) is 24.0 Å². The fraction of sp³-hybridized carbons (Fsp3) is 0.0625. The molecule has 26 heavy (non-hydrogen) atoms. The number of amides is 1. The lowest BCUT2D eigenvalue weighted by Crippen LogP contribution is -2.33. The zero-order valence-electron chi connectivity index (χ0n) is 12.9. The van der Waals surface area contributed by atoms with E-state index in [2.05, 4.69) is 0 Å². The van der Waals surface area contributed by atoms with Gasteiger partial charge in [-0.15, -0.1) is 0 Å². The molecule has 3 rings (SSSR count). The van der Waals surface area contributed by atoms with Crippen molar-refractivity contribution in [3.63, 3.8) is 0 Å². The maximum atomic E-state index is 12.2. The molecule has 0 aliphatic carbocycles. The minimum absolute atomic E-state index is 0.0253. The Morgan fingerprint density at radius 3 is 2.62 bits per heavy atom. The van der Waals surface area contributed by atoms with E-state index in [9.17, 15) is 19.7 Å². The van der Waals surface area contributed by atoms with Crippen LogP contribution in [0.4, 0.5) is 5.69 Å². The second kappa shape index (κ2) is 7.10. The maximum Gasteiger partial charge on any atom is 0.323 e. The number of thioether (sulfide) groups is 1. The fourth-order valence-electron chi connectivity index (χ4n) is 2.23. The molecule has 0 saturated carbocycles. The van der Waals surface area contributed by atoms with Gasteiger partial charge in [-0.25, -0.2) is 0 Å². The van der Waals surface area contributed by atoms with Crippen LogP contribution in [0.2, 0.25) is 0 Å². The van der Waals surface area contributed by atoms with Gasteiger partial charge in [0.15, 0.2) is 0 Å². The van der Waals surface area contributed by atoms with Gasteiger partial charge in [-0.05, 0) is 24.3 Å². The number of hydrogen-bond acceptors (Lipinski definition) is 7. The third-order valence-electron chi connectivity index (χ3n) is 3.43. The van der Waals surface area contributed by atoms with Crippen LogP contribution in [-0.4, -0.2) is 37.7 Å². The third-order valence-corrected chi connectivity index (χ3v) is 4.81. The van der Waals surface area contributed by atoms with Gasteiger partial charge < -0.3 is 9.52 Å². The van der Waals surface area contributed by atoms with Crippen molar-refractivity contribution in [2.45, 2.75) is 0 Å². The number of furan rings is 1. The number of benzene rings is 1. The highest BCUT2D eigenvalue weighted by atomic mass is 32.2. The molecule has 0 bridgehead atoms. The molecule has 0 atom stereocenters. The lowest BCUT2D eigenvalue weighted by molar-refractivity contribution is -0.384. The average molecular weight is 390 g/mol. The minimum atomic E-state index is -1.15. The van der Waals surface area contributed by atoms with Gasteiger partial charge in [0, 0.05) is 23.8 Å². The van der Waals surface area contributed by atoms with Crippen molar-refractivity contribution in [1.29, 1.82) is 0 Å². The Bertz CT molecular complexity index is 948. The second-order valence-corrected chi connectivity index (χ2v) is 6.84. The van der Waals surface area contributed by atoms with E-state index in [1.165, 1.54) is 18.2 Å². The number of carbonyl (C=O) groups is 2. The molecule has 1 aliphatic heterocycles. The van der Waals surface area contributed by atoms with Gasteiger partial charge in [0.25, 0.3) is 11.6 Å². The number of nitro benzene ring substituents is 1. The van der Waals surface area contributed by atoms with Crippen LogP contribution < -0.4 is 0 Å². The van der Waals surface area contributed by atoms with Crippen molar-refractivity contribution in [2.75, 3.05) is 6.54 Å². The predicted molar refractivity (Wildman–Crippen MR) is 98.3 cm³/mol. The van der Waals surface area contributed by atoms with Crippen LogP contribution in [0.1, 0.15) is 5.76 Å². The lowest BCUT2D eigenvalue weighted by atomic mass is 10.1. The zero-order valence-corrected chi connectivity index (χ0v) is 14.6. The summed E-state index contributed by atoms with van der Waals surface area (Å²) in [5, 5.41) is 19.5. The van der Waals surface area contributed by atoms with Crippen LogP contribution in [0.5, 0.6) is 0 Å². The van der Waals surface area contributed by atoms with E-state index < -0.39 is 23.3 Å². The van der Waals surface area contributed by atoms with Crippen LogP contribution in [0, 0.1) is 10.1 Å². The normalized spacial score (nSPS) is 15.7. The van der Waals surface area contributed by atoms with Crippen molar-refractivity contribution in [1.82, 2.24) is 4.90 Å². The topological polar surface area (TPSA) is 114 Å². The number of carboxylic acids is 1. The summed E-state index contributed by atoms with van der Waals surface area (Å²) in [5.41, 5.74) is 0.622. The smallest absolute Gasteiger partial charge is 0.323 e.